The van der Waals surface area contributed by atoms with Crippen molar-refractivity contribution >= 4 is 16.8 Å². The van der Waals surface area contributed by atoms with Crippen molar-refractivity contribution in [1.82, 2.24) is 10.3 Å². The number of hydrogen-bond donors (Lipinski definition) is 2. The quantitative estimate of drug-likeness (QED) is 0.732. The van der Waals surface area contributed by atoms with E-state index in [1.165, 1.54) is 7.11 Å². The summed E-state index contributed by atoms with van der Waals surface area (Å²) in [4.78, 5) is 27.0. The Balaban J connectivity index is 1.76. The van der Waals surface area contributed by atoms with Crippen molar-refractivity contribution in [3.63, 3.8) is 0 Å². The van der Waals surface area contributed by atoms with E-state index in [4.69, 9.17) is 4.74 Å². The molecule has 3 rings (SSSR count). The van der Waals surface area contributed by atoms with Gasteiger partial charge in [0.1, 0.15) is 5.75 Å². The fourth-order valence-corrected chi connectivity index (χ4v) is 2.58. The minimum atomic E-state index is -4.46. The predicted molar refractivity (Wildman–Crippen MR) is 93.7 cm³/mol. The van der Waals surface area contributed by atoms with E-state index < -0.39 is 17.6 Å². The average Bonchev–Trinajstić information content (AvgIpc) is 2.65. The molecule has 1 aromatic heterocycles. The summed E-state index contributed by atoms with van der Waals surface area (Å²) in [5.74, 6) is 0.0446. The molecule has 0 atom stereocenters. The van der Waals surface area contributed by atoms with Crippen LogP contribution in [0.25, 0.3) is 10.9 Å². The van der Waals surface area contributed by atoms with Gasteiger partial charge in [-0.2, -0.15) is 13.2 Å². The van der Waals surface area contributed by atoms with E-state index in [1.54, 1.807) is 24.3 Å². The maximum atomic E-state index is 12.6. The van der Waals surface area contributed by atoms with E-state index in [2.05, 4.69) is 10.3 Å². The SMILES string of the molecule is COc1ccc2[nH]c(=O)c(CNC(=O)c3ccc(C(F)(F)F)cc3)cc2c1. The smallest absolute Gasteiger partial charge is 0.416 e. The number of ether oxygens (including phenoxy) is 1. The molecule has 8 heteroatoms. The number of aromatic nitrogens is 1. The van der Waals surface area contributed by atoms with Gasteiger partial charge in [-0.3, -0.25) is 9.59 Å². The van der Waals surface area contributed by atoms with Gasteiger partial charge in [0.25, 0.3) is 11.5 Å². The molecule has 0 spiro atoms. The van der Waals surface area contributed by atoms with Crippen LogP contribution in [0.15, 0.2) is 53.3 Å². The maximum Gasteiger partial charge on any atom is 0.416 e. The lowest BCUT2D eigenvalue weighted by Crippen LogP contribution is -2.26. The van der Waals surface area contributed by atoms with Crippen LogP contribution in [-0.2, 0) is 12.7 Å². The summed E-state index contributed by atoms with van der Waals surface area (Å²) in [5, 5.41) is 3.27. The number of nitrogens with one attached hydrogen (secondary N) is 2. The first-order chi connectivity index (χ1) is 12.8. The molecule has 140 valence electrons. The zero-order valence-corrected chi connectivity index (χ0v) is 14.2. The molecule has 0 aliphatic rings. The van der Waals surface area contributed by atoms with Crippen molar-refractivity contribution in [3.05, 3.63) is 75.6 Å². The maximum absolute atomic E-state index is 12.6. The summed E-state index contributed by atoms with van der Waals surface area (Å²) in [6.45, 7) is -0.0671. The number of benzene rings is 2. The summed E-state index contributed by atoms with van der Waals surface area (Å²) >= 11 is 0. The van der Waals surface area contributed by atoms with Crippen LogP contribution in [0.1, 0.15) is 21.5 Å². The largest absolute Gasteiger partial charge is 0.497 e. The molecule has 0 unspecified atom stereocenters. The molecule has 0 saturated carbocycles. The Kier molecular flexibility index (Phi) is 4.89. The third-order valence-corrected chi connectivity index (χ3v) is 4.04. The minimum Gasteiger partial charge on any atom is -0.497 e. The molecule has 0 aliphatic carbocycles. The number of H-pyrrole nitrogens is 1. The van der Waals surface area contributed by atoms with Crippen LogP contribution >= 0.6 is 0 Å². The van der Waals surface area contributed by atoms with Crippen LogP contribution < -0.4 is 15.6 Å². The van der Waals surface area contributed by atoms with Gasteiger partial charge in [0, 0.05) is 28.6 Å². The van der Waals surface area contributed by atoms with E-state index in [9.17, 15) is 22.8 Å². The fourth-order valence-electron chi connectivity index (χ4n) is 2.58. The average molecular weight is 376 g/mol. The Hall–Kier alpha value is -3.29. The van der Waals surface area contributed by atoms with Crippen molar-refractivity contribution in [3.8, 4) is 5.75 Å². The van der Waals surface area contributed by atoms with Gasteiger partial charge in [-0.1, -0.05) is 0 Å². The van der Waals surface area contributed by atoms with Crippen LogP contribution in [0.2, 0.25) is 0 Å². The summed E-state index contributed by atoms with van der Waals surface area (Å²) in [6.07, 6.45) is -4.46. The van der Waals surface area contributed by atoms with Crippen LogP contribution in [0.3, 0.4) is 0 Å². The zero-order chi connectivity index (χ0) is 19.6. The number of alkyl halides is 3. The van der Waals surface area contributed by atoms with E-state index >= 15 is 0 Å². The normalized spacial score (nSPS) is 11.4. The highest BCUT2D eigenvalue weighted by atomic mass is 19.4. The van der Waals surface area contributed by atoms with Crippen molar-refractivity contribution in [2.45, 2.75) is 12.7 Å². The molecule has 0 fully saturated rings. The van der Waals surface area contributed by atoms with Gasteiger partial charge in [-0.15, -0.1) is 0 Å². The van der Waals surface area contributed by atoms with Crippen molar-refractivity contribution in [2.24, 2.45) is 0 Å². The second-order valence-electron chi connectivity index (χ2n) is 5.83. The molecule has 0 aliphatic heterocycles. The standard InChI is InChI=1S/C19H15F3N2O3/c1-27-15-6-7-16-12(9-15)8-13(18(26)24-16)10-23-17(25)11-2-4-14(5-3-11)19(20,21)22/h2-9H,10H2,1H3,(H,23,25)(H,24,26). The number of methoxy groups -OCH3 is 1. The summed E-state index contributed by atoms with van der Waals surface area (Å²) in [7, 11) is 1.53. The van der Waals surface area contributed by atoms with Gasteiger partial charge in [0.2, 0.25) is 0 Å². The van der Waals surface area contributed by atoms with Crippen molar-refractivity contribution in [2.75, 3.05) is 7.11 Å². The molecule has 3 aromatic rings. The number of rotatable bonds is 4. The Bertz CT molecular complexity index is 1040. The second-order valence-corrected chi connectivity index (χ2v) is 5.83. The number of fused-ring (bicyclic) bond motifs is 1. The summed E-state index contributed by atoms with van der Waals surface area (Å²) in [5.41, 5.74) is -0.184. The van der Waals surface area contributed by atoms with E-state index in [0.717, 1.165) is 29.7 Å². The van der Waals surface area contributed by atoms with Crippen molar-refractivity contribution < 1.29 is 22.7 Å². The van der Waals surface area contributed by atoms with E-state index in [0.29, 0.717) is 16.8 Å². The van der Waals surface area contributed by atoms with Gasteiger partial charge >= 0.3 is 6.18 Å². The highest BCUT2D eigenvalue weighted by molar-refractivity contribution is 5.94. The van der Waals surface area contributed by atoms with Gasteiger partial charge < -0.3 is 15.0 Å². The lowest BCUT2D eigenvalue weighted by atomic mass is 10.1. The lowest BCUT2D eigenvalue weighted by molar-refractivity contribution is -0.137. The minimum absolute atomic E-state index is 0.0671. The van der Waals surface area contributed by atoms with E-state index in [-0.39, 0.29) is 17.7 Å². The molecule has 2 aromatic carbocycles. The number of carbonyl (C=O) groups is 1. The van der Waals surface area contributed by atoms with Crippen LogP contribution in [-0.4, -0.2) is 18.0 Å². The van der Waals surface area contributed by atoms with Crippen molar-refractivity contribution in [1.29, 1.82) is 0 Å². The van der Waals surface area contributed by atoms with Crippen LogP contribution in [0.5, 0.6) is 5.75 Å². The van der Waals surface area contributed by atoms with Gasteiger partial charge in [-0.05, 0) is 48.5 Å². The van der Waals surface area contributed by atoms with E-state index in [1.807, 2.05) is 0 Å². The lowest BCUT2D eigenvalue weighted by Gasteiger charge is -2.09. The Morgan fingerprint density at radius 2 is 1.81 bits per heavy atom. The predicted octanol–water partition coefficient (Wildman–Crippen LogP) is 3.49. The Labute approximate surface area is 151 Å². The third-order valence-electron chi connectivity index (χ3n) is 4.04. The molecule has 1 heterocycles. The molecule has 27 heavy (non-hydrogen) atoms. The first-order valence-electron chi connectivity index (χ1n) is 7.93. The first kappa shape index (κ1) is 18.5. The first-order valence-corrected chi connectivity index (χ1v) is 7.93. The Morgan fingerprint density at radius 3 is 2.44 bits per heavy atom. The van der Waals surface area contributed by atoms with Gasteiger partial charge in [-0.25, -0.2) is 0 Å². The molecule has 0 bridgehead atoms. The summed E-state index contributed by atoms with van der Waals surface area (Å²) in [6, 6.07) is 10.6. The van der Waals surface area contributed by atoms with Gasteiger partial charge in [0.05, 0.1) is 12.7 Å². The zero-order valence-electron chi connectivity index (χ0n) is 14.2. The van der Waals surface area contributed by atoms with Crippen LogP contribution in [0, 0.1) is 0 Å². The number of halogens is 3. The molecular weight excluding hydrogens is 361 g/mol. The molecule has 0 radical (unpaired) electrons. The number of aromatic amines is 1. The third kappa shape index (κ3) is 4.11. The molecule has 2 N–H and O–H groups in total. The molecule has 1 amide bonds. The molecule has 5 nitrogen and oxygen atoms in total. The highest BCUT2D eigenvalue weighted by Gasteiger charge is 2.30. The molecular formula is C19H15F3N2O3. The topological polar surface area (TPSA) is 71.2 Å². The number of hydrogen-bond acceptors (Lipinski definition) is 3. The number of carbonyl (C=O) groups excluding carboxylic acids is 1. The second kappa shape index (κ2) is 7.14. The highest BCUT2D eigenvalue weighted by Crippen LogP contribution is 2.29. The Morgan fingerprint density at radius 1 is 1.11 bits per heavy atom. The van der Waals surface area contributed by atoms with Crippen LogP contribution in [0.4, 0.5) is 13.2 Å². The number of amides is 1. The fraction of sp³-hybridized carbons (Fsp3) is 0.158. The number of pyridine rings is 1. The summed E-state index contributed by atoms with van der Waals surface area (Å²) < 4.78 is 42.8. The monoisotopic (exact) mass is 376 g/mol. The molecule has 0 saturated heterocycles. The van der Waals surface area contributed by atoms with Gasteiger partial charge in [0.15, 0.2) is 0 Å².